The number of nitrogens with one attached hydrogen (secondary N) is 2. The fourth-order valence-electron chi connectivity index (χ4n) is 1.64. The van der Waals surface area contributed by atoms with Crippen LogP contribution in [0.15, 0.2) is 12.4 Å². The summed E-state index contributed by atoms with van der Waals surface area (Å²) >= 11 is 2.07. The molecule has 1 fully saturated rings. The van der Waals surface area contributed by atoms with Crippen LogP contribution in [-0.4, -0.2) is 49.1 Å². The normalized spacial score (nSPS) is 17.4. The van der Waals surface area contributed by atoms with Crippen LogP contribution in [0.1, 0.15) is 13.3 Å². The molecule has 1 aliphatic rings. The molecular formula is C11H23N3S. The summed E-state index contributed by atoms with van der Waals surface area (Å²) in [6.07, 6.45) is 1.20. The van der Waals surface area contributed by atoms with Gasteiger partial charge in [-0.05, 0) is 19.9 Å². The minimum Gasteiger partial charge on any atom is -0.373 e. The summed E-state index contributed by atoms with van der Waals surface area (Å²) < 4.78 is 0. The van der Waals surface area contributed by atoms with E-state index in [1.807, 2.05) is 0 Å². The Morgan fingerprint density at radius 3 is 2.73 bits per heavy atom. The van der Waals surface area contributed by atoms with Gasteiger partial charge in [-0.1, -0.05) is 6.58 Å². The fourth-order valence-corrected chi connectivity index (χ4v) is 2.62. The van der Waals surface area contributed by atoms with E-state index in [-0.39, 0.29) is 0 Å². The number of hydrogen-bond donors (Lipinski definition) is 2. The van der Waals surface area contributed by atoms with E-state index in [4.69, 9.17) is 0 Å². The first-order valence-electron chi connectivity index (χ1n) is 5.79. The molecule has 0 atom stereocenters. The minimum absolute atomic E-state index is 0.940. The lowest BCUT2D eigenvalue weighted by atomic mass is 10.3. The van der Waals surface area contributed by atoms with E-state index in [1.165, 1.54) is 37.6 Å². The summed E-state index contributed by atoms with van der Waals surface area (Å²) in [6.45, 7) is 11.7. The summed E-state index contributed by atoms with van der Waals surface area (Å²) in [5.41, 5.74) is 0. The van der Waals surface area contributed by atoms with Crippen LogP contribution in [0.5, 0.6) is 0 Å². The second kappa shape index (κ2) is 7.88. The molecule has 1 saturated heterocycles. The maximum atomic E-state index is 3.89. The predicted molar refractivity (Wildman–Crippen MR) is 69.2 cm³/mol. The maximum Gasteiger partial charge on any atom is 0.0912 e. The Labute approximate surface area is 97.7 Å². The van der Waals surface area contributed by atoms with Crippen LogP contribution >= 0.6 is 11.8 Å². The van der Waals surface area contributed by atoms with Crippen LogP contribution < -0.4 is 10.6 Å². The summed E-state index contributed by atoms with van der Waals surface area (Å²) in [6, 6.07) is 0. The van der Waals surface area contributed by atoms with Gasteiger partial charge in [-0.3, -0.25) is 0 Å². The highest BCUT2D eigenvalue weighted by Gasteiger charge is 2.08. The maximum absolute atomic E-state index is 3.89. The van der Waals surface area contributed by atoms with Crippen molar-refractivity contribution in [3.63, 3.8) is 0 Å². The number of thioether (sulfide) groups is 1. The van der Waals surface area contributed by atoms with Gasteiger partial charge in [-0.15, -0.1) is 0 Å². The van der Waals surface area contributed by atoms with Gasteiger partial charge in [-0.25, -0.2) is 0 Å². The number of rotatable bonds is 7. The Bertz CT molecular complexity index is 179. The molecule has 4 heteroatoms. The minimum atomic E-state index is 0.940. The van der Waals surface area contributed by atoms with Gasteiger partial charge in [0.2, 0.25) is 0 Å². The van der Waals surface area contributed by atoms with E-state index in [1.54, 1.807) is 0 Å². The van der Waals surface area contributed by atoms with Crippen molar-refractivity contribution in [3.8, 4) is 0 Å². The molecule has 0 unspecified atom stereocenters. The summed E-state index contributed by atoms with van der Waals surface area (Å²) in [5.74, 6) is 3.56. The van der Waals surface area contributed by atoms with Crippen molar-refractivity contribution in [2.75, 3.05) is 44.2 Å². The Morgan fingerprint density at radius 2 is 2.07 bits per heavy atom. The molecule has 0 saturated carbocycles. The number of hydrogen-bond acceptors (Lipinski definition) is 4. The van der Waals surface area contributed by atoms with Gasteiger partial charge in [0.1, 0.15) is 0 Å². The van der Waals surface area contributed by atoms with Gasteiger partial charge in [0.25, 0.3) is 0 Å². The third kappa shape index (κ3) is 5.95. The zero-order chi connectivity index (χ0) is 10.9. The Kier molecular flexibility index (Phi) is 6.68. The predicted octanol–water partition coefficient (Wildman–Crippen LogP) is 1.10. The highest BCUT2D eigenvalue weighted by atomic mass is 32.2. The quantitative estimate of drug-likeness (QED) is 0.639. The molecule has 0 bridgehead atoms. The lowest BCUT2D eigenvalue weighted by Gasteiger charge is -2.26. The van der Waals surface area contributed by atoms with Crippen molar-refractivity contribution in [2.24, 2.45) is 0 Å². The molecule has 2 N–H and O–H groups in total. The molecule has 0 radical (unpaired) electrons. The van der Waals surface area contributed by atoms with Crippen molar-refractivity contribution < 1.29 is 0 Å². The standard InChI is InChI=1S/C11H23N3S/c1-3-12-11(2)13-5-4-6-14-7-9-15-10-8-14/h12-13H,2-10H2,1H3. The van der Waals surface area contributed by atoms with Crippen molar-refractivity contribution >= 4 is 11.8 Å². The molecule has 88 valence electrons. The molecule has 0 aliphatic carbocycles. The van der Waals surface area contributed by atoms with Crippen molar-refractivity contribution in [1.82, 2.24) is 15.5 Å². The van der Waals surface area contributed by atoms with Gasteiger partial charge in [0.05, 0.1) is 5.82 Å². The van der Waals surface area contributed by atoms with Crippen LogP contribution in [0.3, 0.4) is 0 Å². The summed E-state index contributed by atoms with van der Waals surface area (Å²) in [7, 11) is 0. The molecule has 3 nitrogen and oxygen atoms in total. The summed E-state index contributed by atoms with van der Waals surface area (Å²) in [4.78, 5) is 2.55. The fraction of sp³-hybridized carbons (Fsp3) is 0.818. The second-order valence-corrected chi connectivity index (χ2v) is 4.97. The SMILES string of the molecule is C=C(NCC)NCCCN1CCSCC1. The van der Waals surface area contributed by atoms with E-state index in [0.29, 0.717) is 0 Å². The van der Waals surface area contributed by atoms with Crippen LogP contribution in [0.4, 0.5) is 0 Å². The highest BCUT2D eigenvalue weighted by Crippen LogP contribution is 2.08. The Hall–Kier alpha value is -0.350. The molecule has 1 heterocycles. The van der Waals surface area contributed by atoms with E-state index in [0.717, 1.165) is 18.9 Å². The van der Waals surface area contributed by atoms with Crippen LogP contribution in [0.2, 0.25) is 0 Å². The Morgan fingerprint density at radius 1 is 1.33 bits per heavy atom. The van der Waals surface area contributed by atoms with E-state index in [9.17, 15) is 0 Å². The smallest absolute Gasteiger partial charge is 0.0912 e. The third-order valence-corrected chi connectivity index (χ3v) is 3.43. The van der Waals surface area contributed by atoms with Crippen molar-refractivity contribution in [1.29, 1.82) is 0 Å². The zero-order valence-corrected chi connectivity index (χ0v) is 10.5. The second-order valence-electron chi connectivity index (χ2n) is 3.74. The largest absolute Gasteiger partial charge is 0.373 e. The summed E-state index contributed by atoms with van der Waals surface area (Å²) in [5, 5.41) is 6.45. The van der Waals surface area contributed by atoms with Gasteiger partial charge < -0.3 is 15.5 Å². The molecule has 0 spiro atoms. The molecule has 1 rings (SSSR count). The first kappa shape index (κ1) is 12.7. The van der Waals surface area contributed by atoms with Crippen molar-refractivity contribution in [3.05, 3.63) is 12.4 Å². The van der Waals surface area contributed by atoms with E-state index < -0.39 is 0 Å². The van der Waals surface area contributed by atoms with Crippen LogP contribution in [0.25, 0.3) is 0 Å². The number of nitrogens with zero attached hydrogens (tertiary/aromatic N) is 1. The average Bonchev–Trinajstić information content (AvgIpc) is 2.26. The van der Waals surface area contributed by atoms with Gasteiger partial charge in [0.15, 0.2) is 0 Å². The molecule has 1 aliphatic heterocycles. The van der Waals surface area contributed by atoms with Gasteiger partial charge >= 0.3 is 0 Å². The van der Waals surface area contributed by atoms with Gasteiger partial charge in [0, 0.05) is 37.7 Å². The third-order valence-electron chi connectivity index (χ3n) is 2.48. The first-order valence-corrected chi connectivity index (χ1v) is 6.95. The van der Waals surface area contributed by atoms with E-state index >= 15 is 0 Å². The topological polar surface area (TPSA) is 27.3 Å². The molecule has 0 aromatic carbocycles. The molecule has 0 aromatic rings. The average molecular weight is 229 g/mol. The van der Waals surface area contributed by atoms with Gasteiger partial charge in [-0.2, -0.15) is 11.8 Å². The first-order chi connectivity index (χ1) is 7.33. The Balaban J connectivity index is 1.93. The molecule has 0 amide bonds. The highest BCUT2D eigenvalue weighted by molar-refractivity contribution is 7.99. The lowest BCUT2D eigenvalue weighted by Crippen LogP contribution is -2.35. The molecule has 15 heavy (non-hydrogen) atoms. The monoisotopic (exact) mass is 229 g/mol. The van der Waals surface area contributed by atoms with E-state index in [2.05, 4.69) is 40.8 Å². The molecular weight excluding hydrogens is 206 g/mol. The lowest BCUT2D eigenvalue weighted by molar-refractivity contribution is 0.298. The van der Waals surface area contributed by atoms with Crippen molar-refractivity contribution in [2.45, 2.75) is 13.3 Å². The van der Waals surface area contributed by atoms with Crippen LogP contribution in [0, 0.1) is 0 Å². The molecule has 0 aromatic heterocycles. The zero-order valence-electron chi connectivity index (χ0n) is 9.72. The van der Waals surface area contributed by atoms with Crippen LogP contribution in [-0.2, 0) is 0 Å².